The number of benzene rings is 1. The van der Waals surface area contributed by atoms with Crippen LogP contribution in [0.15, 0.2) is 30.0 Å². The van der Waals surface area contributed by atoms with Crippen LogP contribution in [-0.2, 0) is 9.59 Å². The van der Waals surface area contributed by atoms with Gasteiger partial charge >= 0.3 is 0 Å². The number of aliphatic hydroxyl groups excluding tert-OH is 1. The third-order valence-electron chi connectivity index (χ3n) is 5.63. The quantitative estimate of drug-likeness (QED) is 0.369. The average Bonchev–Trinajstić information content (AvgIpc) is 3.02. The molecule has 2 heterocycles. The first-order valence-corrected chi connectivity index (χ1v) is 10.7. The zero-order chi connectivity index (χ0) is 24.3. The van der Waals surface area contributed by atoms with E-state index >= 15 is 0 Å². The van der Waals surface area contributed by atoms with Gasteiger partial charge in [-0.25, -0.2) is 9.97 Å². The minimum Gasteiger partial charge on any atom is -0.507 e. The van der Waals surface area contributed by atoms with Crippen molar-refractivity contribution in [2.45, 2.75) is 26.3 Å². The van der Waals surface area contributed by atoms with Crippen LogP contribution in [0.5, 0.6) is 11.5 Å². The van der Waals surface area contributed by atoms with Gasteiger partial charge in [-0.1, -0.05) is 12.1 Å². The molecule has 1 aliphatic heterocycles. The van der Waals surface area contributed by atoms with Crippen LogP contribution in [0, 0.1) is 13.8 Å². The van der Waals surface area contributed by atoms with Crippen molar-refractivity contribution in [3.05, 3.63) is 52.6 Å². The van der Waals surface area contributed by atoms with E-state index in [9.17, 15) is 14.7 Å². The molecular formula is C24H30N4O5. The highest BCUT2D eigenvalue weighted by molar-refractivity contribution is 6.46. The lowest BCUT2D eigenvalue weighted by Gasteiger charge is -2.27. The first-order valence-electron chi connectivity index (χ1n) is 10.7. The first kappa shape index (κ1) is 24.2. The van der Waals surface area contributed by atoms with Crippen molar-refractivity contribution < 1.29 is 24.2 Å². The van der Waals surface area contributed by atoms with Gasteiger partial charge in [-0.05, 0) is 47.0 Å². The van der Waals surface area contributed by atoms with Gasteiger partial charge in [-0.15, -0.1) is 0 Å². The molecule has 176 valence electrons. The number of aromatic nitrogens is 2. The van der Waals surface area contributed by atoms with E-state index in [1.807, 2.05) is 19.0 Å². The van der Waals surface area contributed by atoms with Crippen LogP contribution in [-0.4, -0.2) is 78.0 Å². The maximum Gasteiger partial charge on any atom is 0.295 e. The van der Waals surface area contributed by atoms with Crippen molar-refractivity contribution in [2.24, 2.45) is 0 Å². The molecule has 0 bridgehead atoms. The third-order valence-corrected chi connectivity index (χ3v) is 5.63. The van der Waals surface area contributed by atoms with Crippen molar-refractivity contribution in [3.63, 3.8) is 0 Å². The maximum absolute atomic E-state index is 13.2. The fraction of sp³-hybridized carbons (Fsp3) is 0.417. The number of Topliss-reactive ketones (excluding diaryl/α,β-unsaturated/α-hetero) is 1. The SMILES string of the molecule is COc1cccc(C2/C(=C(\O)c3cnc(C)nc3C)C(=O)C(=O)N2CCCN(C)C)c1OC. The molecule has 9 nitrogen and oxygen atoms in total. The number of ether oxygens (including phenoxy) is 2. The van der Waals surface area contributed by atoms with E-state index < -0.39 is 17.7 Å². The Hall–Kier alpha value is -3.46. The number of rotatable bonds is 8. The Labute approximate surface area is 193 Å². The molecule has 0 aliphatic carbocycles. The number of carbonyl (C=O) groups excluding carboxylic acids is 2. The Morgan fingerprint density at radius 2 is 1.91 bits per heavy atom. The second-order valence-electron chi connectivity index (χ2n) is 8.15. The number of carbonyl (C=O) groups is 2. The monoisotopic (exact) mass is 454 g/mol. The molecule has 0 radical (unpaired) electrons. The van der Waals surface area contributed by atoms with Crippen LogP contribution in [0.3, 0.4) is 0 Å². The molecule has 1 atom stereocenters. The van der Waals surface area contributed by atoms with Crippen molar-refractivity contribution in [1.29, 1.82) is 0 Å². The lowest BCUT2D eigenvalue weighted by molar-refractivity contribution is -0.140. The summed E-state index contributed by atoms with van der Waals surface area (Å²) in [5.74, 6) is -0.339. The Morgan fingerprint density at radius 1 is 1.18 bits per heavy atom. The smallest absolute Gasteiger partial charge is 0.295 e. The van der Waals surface area contributed by atoms with Gasteiger partial charge in [0.1, 0.15) is 11.6 Å². The third kappa shape index (κ3) is 4.68. The van der Waals surface area contributed by atoms with Gasteiger partial charge in [0.15, 0.2) is 11.5 Å². The number of aryl methyl sites for hydroxylation is 2. The van der Waals surface area contributed by atoms with E-state index in [4.69, 9.17) is 9.47 Å². The van der Waals surface area contributed by atoms with Crippen LogP contribution in [0.25, 0.3) is 5.76 Å². The fourth-order valence-electron chi connectivity index (χ4n) is 4.08. The van der Waals surface area contributed by atoms with Crippen molar-refractivity contribution in [2.75, 3.05) is 41.4 Å². The number of likely N-dealkylation sites (tertiary alicyclic amines) is 1. The molecule has 1 unspecified atom stereocenters. The molecule has 1 fully saturated rings. The predicted octanol–water partition coefficient (Wildman–Crippen LogP) is 2.48. The van der Waals surface area contributed by atoms with Crippen LogP contribution in [0.4, 0.5) is 0 Å². The fourth-order valence-corrected chi connectivity index (χ4v) is 4.08. The number of hydrogen-bond donors (Lipinski definition) is 1. The molecule has 0 saturated carbocycles. The molecule has 1 aromatic carbocycles. The summed E-state index contributed by atoms with van der Waals surface area (Å²) in [5.41, 5.74) is 1.34. The Kier molecular flexibility index (Phi) is 7.33. The van der Waals surface area contributed by atoms with Crippen LogP contribution >= 0.6 is 0 Å². The van der Waals surface area contributed by atoms with Gasteiger partial charge in [-0.2, -0.15) is 0 Å². The summed E-state index contributed by atoms with van der Waals surface area (Å²) in [5, 5.41) is 11.3. The minimum atomic E-state index is -0.849. The largest absolute Gasteiger partial charge is 0.507 e. The summed E-state index contributed by atoms with van der Waals surface area (Å²) in [4.78, 5) is 38.3. The summed E-state index contributed by atoms with van der Waals surface area (Å²) in [6.07, 6.45) is 2.11. The number of para-hydroxylation sites is 1. The van der Waals surface area contributed by atoms with Gasteiger partial charge in [0.2, 0.25) is 0 Å². The molecule has 1 aromatic heterocycles. The standard InChI is InChI=1S/C24H30N4O5/c1-14-17(13-25-15(2)26-14)21(29)19-20(16-9-7-10-18(32-5)23(16)33-6)28(24(31)22(19)30)12-8-11-27(3)4/h7,9-10,13,20,29H,8,11-12H2,1-6H3/b21-19+. The lowest BCUT2D eigenvalue weighted by atomic mass is 9.94. The van der Waals surface area contributed by atoms with Crippen molar-refractivity contribution in [1.82, 2.24) is 19.8 Å². The van der Waals surface area contributed by atoms with E-state index in [1.54, 1.807) is 32.0 Å². The van der Waals surface area contributed by atoms with Gasteiger partial charge in [0.25, 0.3) is 11.7 Å². The van der Waals surface area contributed by atoms with Crippen LogP contribution in [0.2, 0.25) is 0 Å². The number of methoxy groups -OCH3 is 2. The highest BCUT2D eigenvalue weighted by Crippen LogP contribution is 2.45. The first-order chi connectivity index (χ1) is 15.7. The molecule has 9 heteroatoms. The van der Waals surface area contributed by atoms with E-state index in [0.29, 0.717) is 47.1 Å². The maximum atomic E-state index is 13.2. The average molecular weight is 455 g/mol. The van der Waals surface area contributed by atoms with Crippen LogP contribution < -0.4 is 9.47 Å². The van der Waals surface area contributed by atoms with E-state index in [1.165, 1.54) is 25.3 Å². The zero-order valence-electron chi connectivity index (χ0n) is 19.9. The number of amides is 1. The molecule has 2 aromatic rings. The molecule has 1 amide bonds. The van der Waals surface area contributed by atoms with Gasteiger partial charge in [0, 0.05) is 18.3 Å². The normalized spacial score (nSPS) is 17.7. The van der Waals surface area contributed by atoms with Crippen molar-refractivity contribution in [3.8, 4) is 11.5 Å². The van der Waals surface area contributed by atoms with E-state index in [0.717, 1.165) is 6.54 Å². The Morgan fingerprint density at radius 3 is 2.52 bits per heavy atom. The molecule has 0 spiro atoms. The van der Waals surface area contributed by atoms with Crippen LogP contribution in [0.1, 0.15) is 35.1 Å². The molecule has 1 aliphatic rings. The number of hydrogen-bond acceptors (Lipinski definition) is 8. The summed E-state index contributed by atoms with van der Waals surface area (Å²) in [6.45, 7) is 4.52. The topological polar surface area (TPSA) is 105 Å². The molecule has 33 heavy (non-hydrogen) atoms. The second kappa shape index (κ2) is 9.99. The van der Waals surface area contributed by atoms with Gasteiger partial charge < -0.3 is 24.4 Å². The number of ketones is 1. The minimum absolute atomic E-state index is 0.0213. The Bertz CT molecular complexity index is 1100. The lowest BCUT2D eigenvalue weighted by Crippen LogP contribution is -2.32. The second-order valence-corrected chi connectivity index (χ2v) is 8.15. The number of nitrogens with zero attached hydrogens (tertiary/aromatic N) is 4. The summed E-state index contributed by atoms with van der Waals surface area (Å²) >= 11 is 0. The molecule has 1 saturated heterocycles. The molecular weight excluding hydrogens is 424 g/mol. The highest BCUT2D eigenvalue weighted by Gasteiger charge is 2.47. The van der Waals surface area contributed by atoms with Gasteiger partial charge in [-0.3, -0.25) is 9.59 Å². The highest BCUT2D eigenvalue weighted by atomic mass is 16.5. The Balaban J connectivity index is 2.23. The summed E-state index contributed by atoms with van der Waals surface area (Å²) in [7, 11) is 6.90. The van der Waals surface area contributed by atoms with E-state index in [-0.39, 0.29) is 11.3 Å². The molecule has 1 N–H and O–H groups in total. The summed E-state index contributed by atoms with van der Waals surface area (Å²) in [6, 6.07) is 4.41. The predicted molar refractivity (Wildman–Crippen MR) is 123 cm³/mol. The van der Waals surface area contributed by atoms with Gasteiger partial charge in [0.05, 0.1) is 37.1 Å². The number of aliphatic hydroxyl groups is 1. The summed E-state index contributed by atoms with van der Waals surface area (Å²) < 4.78 is 11.0. The van der Waals surface area contributed by atoms with Crippen molar-refractivity contribution >= 4 is 17.4 Å². The zero-order valence-corrected chi connectivity index (χ0v) is 19.9. The molecule has 3 rings (SSSR count). The van der Waals surface area contributed by atoms with E-state index in [2.05, 4.69) is 9.97 Å².